The molecule has 0 saturated heterocycles. The van der Waals surface area contributed by atoms with Crippen LogP contribution >= 0.6 is 15.9 Å². The van der Waals surface area contributed by atoms with Crippen molar-refractivity contribution in [3.63, 3.8) is 0 Å². The van der Waals surface area contributed by atoms with Gasteiger partial charge in [0.25, 0.3) is 5.69 Å². The molecule has 2 N–H and O–H groups in total. The molecule has 1 aromatic rings. The number of benzene rings is 1. The van der Waals surface area contributed by atoms with Gasteiger partial charge in [-0.25, -0.2) is 0 Å². The molecule has 0 heterocycles. The molecule has 0 aliphatic rings. The molecule has 0 aliphatic heterocycles. The van der Waals surface area contributed by atoms with E-state index in [9.17, 15) is 20.3 Å². The second kappa shape index (κ2) is 7.12. The quantitative estimate of drug-likeness (QED) is 0.580. The zero-order valence-electron chi connectivity index (χ0n) is 11.5. The first-order valence-corrected chi connectivity index (χ1v) is 6.94. The molecule has 1 rings (SSSR count). The predicted octanol–water partition coefficient (Wildman–Crippen LogP) is 1.78. The van der Waals surface area contributed by atoms with Crippen LogP contribution in [0.15, 0.2) is 22.7 Å². The summed E-state index contributed by atoms with van der Waals surface area (Å²) in [6, 6.07) is 4.98. The number of nitro groups is 1. The van der Waals surface area contributed by atoms with E-state index >= 15 is 0 Å². The highest BCUT2D eigenvalue weighted by Crippen LogP contribution is 2.26. The Morgan fingerprint density at radius 1 is 1.40 bits per heavy atom. The second-order valence-corrected chi connectivity index (χ2v) is 6.20. The average molecular weight is 347 g/mol. The van der Waals surface area contributed by atoms with Crippen molar-refractivity contribution in [1.82, 2.24) is 4.90 Å². The summed E-state index contributed by atoms with van der Waals surface area (Å²) < 4.78 is 0.449. The van der Waals surface area contributed by atoms with Crippen LogP contribution in [0.1, 0.15) is 12.5 Å². The Morgan fingerprint density at radius 2 is 2.00 bits per heavy atom. The van der Waals surface area contributed by atoms with Crippen molar-refractivity contribution in [2.75, 3.05) is 26.8 Å². The van der Waals surface area contributed by atoms with Crippen molar-refractivity contribution < 1.29 is 15.1 Å². The molecule has 0 unspecified atom stereocenters. The molecule has 7 heteroatoms. The van der Waals surface area contributed by atoms with Gasteiger partial charge in [0.15, 0.2) is 0 Å². The molecule has 0 spiro atoms. The van der Waals surface area contributed by atoms with E-state index < -0.39 is 10.3 Å². The molecule has 1 aromatic carbocycles. The Hall–Kier alpha value is -1.02. The van der Waals surface area contributed by atoms with Gasteiger partial charge in [-0.2, -0.15) is 0 Å². The Bertz CT molecular complexity index is 477. The summed E-state index contributed by atoms with van der Waals surface area (Å²) in [5.41, 5.74) is 0.249. The summed E-state index contributed by atoms with van der Waals surface area (Å²) in [6.45, 7) is 2.55. The van der Waals surface area contributed by atoms with Crippen LogP contribution in [-0.2, 0) is 6.54 Å². The summed E-state index contributed by atoms with van der Waals surface area (Å²) in [4.78, 5) is 12.4. The topological polar surface area (TPSA) is 86.8 Å². The van der Waals surface area contributed by atoms with Crippen LogP contribution in [0.4, 0.5) is 5.69 Å². The van der Waals surface area contributed by atoms with Gasteiger partial charge in [-0.05, 0) is 34.6 Å². The van der Waals surface area contributed by atoms with Gasteiger partial charge in [-0.3, -0.25) is 10.1 Å². The zero-order chi connectivity index (χ0) is 15.3. The first-order valence-electron chi connectivity index (χ1n) is 6.14. The lowest BCUT2D eigenvalue weighted by molar-refractivity contribution is -0.385. The predicted molar refractivity (Wildman–Crippen MR) is 79.4 cm³/mol. The molecule has 6 nitrogen and oxygen atoms in total. The first kappa shape index (κ1) is 17.0. The summed E-state index contributed by atoms with van der Waals surface area (Å²) in [5.74, 6) is 0. The molecule has 0 fully saturated rings. The maximum absolute atomic E-state index is 10.9. The minimum absolute atomic E-state index is 0.0305. The van der Waals surface area contributed by atoms with E-state index in [4.69, 9.17) is 0 Å². The SMILES string of the molecule is CN(Cc1ccc(Br)c([N+](=O)[O-])c1)CC(C)(CO)CO. The van der Waals surface area contributed by atoms with Crippen LogP contribution in [-0.4, -0.2) is 46.8 Å². The third-order valence-electron chi connectivity index (χ3n) is 3.07. The van der Waals surface area contributed by atoms with Crippen molar-refractivity contribution in [2.45, 2.75) is 13.5 Å². The average Bonchev–Trinajstić information content (AvgIpc) is 2.40. The highest BCUT2D eigenvalue weighted by atomic mass is 79.9. The lowest BCUT2D eigenvalue weighted by atomic mass is 9.92. The smallest absolute Gasteiger partial charge is 0.283 e. The molecular weight excluding hydrogens is 328 g/mol. The Balaban J connectivity index is 2.78. The number of hydrogen-bond acceptors (Lipinski definition) is 5. The van der Waals surface area contributed by atoms with Crippen LogP contribution in [0, 0.1) is 15.5 Å². The molecule has 0 aliphatic carbocycles. The van der Waals surface area contributed by atoms with Crippen molar-refractivity contribution in [2.24, 2.45) is 5.41 Å². The van der Waals surface area contributed by atoms with Crippen molar-refractivity contribution in [3.05, 3.63) is 38.3 Å². The fourth-order valence-corrected chi connectivity index (χ4v) is 2.36. The van der Waals surface area contributed by atoms with Crippen molar-refractivity contribution in [3.8, 4) is 0 Å². The lowest BCUT2D eigenvalue weighted by Gasteiger charge is -2.30. The maximum atomic E-state index is 10.9. The van der Waals surface area contributed by atoms with Gasteiger partial charge in [-0.1, -0.05) is 13.0 Å². The lowest BCUT2D eigenvalue weighted by Crippen LogP contribution is -2.38. The number of halogens is 1. The molecule has 112 valence electrons. The van der Waals surface area contributed by atoms with Crippen LogP contribution in [0.2, 0.25) is 0 Å². The van der Waals surface area contributed by atoms with E-state index in [1.54, 1.807) is 13.0 Å². The fraction of sp³-hybridized carbons (Fsp3) is 0.538. The summed E-state index contributed by atoms with van der Waals surface area (Å²) >= 11 is 3.15. The molecule has 0 aromatic heterocycles. The Labute approximate surface area is 126 Å². The number of aliphatic hydroxyl groups excluding tert-OH is 2. The third kappa shape index (κ3) is 4.52. The largest absolute Gasteiger partial charge is 0.396 e. The molecule has 0 radical (unpaired) electrons. The molecule has 0 saturated carbocycles. The van der Waals surface area contributed by atoms with Gasteiger partial charge in [0.1, 0.15) is 0 Å². The minimum Gasteiger partial charge on any atom is -0.396 e. The second-order valence-electron chi connectivity index (χ2n) is 5.34. The van der Waals surface area contributed by atoms with Gasteiger partial charge >= 0.3 is 0 Å². The minimum atomic E-state index is -0.587. The van der Waals surface area contributed by atoms with E-state index in [2.05, 4.69) is 15.9 Å². The van der Waals surface area contributed by atoms with Gasteiger partial charge in [0, 0.05) is 24.6 Å². The highest BCUT2D eigenvalue weighted by Gasteiger charge is 2.24. The van der Waals surface area contributed by atoms with Crippen molar-refractivity contribution in [1.29, 1.82) is 0 Å². The van der Waals surface area contributed by atoms with Crippen LogP contribution < -0.4 is 0 Å². The van der Waals surface area contributed by atoms with Gasteiger partial charge in [0.2, 0.25) is 0 Å². The maximum Gasteiger partial charge on any atom is 0.283 e. The van der Waals surface area contributed by atoms with Crippen molar-refractivity contribution >= 4 is 21.6 Å². The normalized spacial score (nSPS) is 11.9. The monoisotopic (exact) mass is 346 g/mol. The molecule has 20 heavy (non-hydrogen) atoms. The number of hydrogen-bond donors (Lipinski definition) is 2. The highest BCUT2D eigenvalue weighted by molar-refractivity contribution is 9.10. The molecule has 0 atom stereocenters. The molecule has 0 bridgehead atoms. The number of nitro benzene ring substituents is 1. The first-order chi connectivity index (χ1) is 9.31. The Morgan fingerprint density at radius 3 is 2.50 bits per heavy atom. The number of aliphatic hydroxyl groups is 2. The van der Waals surface area contributed by atoms with Crippen LogP contribution in [0.5, 0.6) is 0 Å². The number of rotatable bonds is 7. The van der Waals surface area contributed by atoms with E-state index in [1.165, 1.54) is 6.07 Å². The van der Waals surface area contributed by atoms with E-state index in [0.29, 0.717) is 17.6 Å². The van der Waals surface area contributed by atoms with Gasteiger partial charge in [-0.15, -0.1) is 0 Å². The van der Waals surface area contributed by atoms with Crippen LogP contribution in [0.3, 0.4) is 0 Å². The molecule has 0 amide bonds. The van der Waals surface area contributed by atoms with E-state index in [1.807, 2.05) is 18.0 Å². The van der Waals surface area contributed by atoms with Gasteiger partial charge < -0.3 is 15.1 Å². The summed E-state index contributed by atoms with van der Waals surface area (Å²) in [7, 11) is 1.84. The van der Waals surface area contributed by atoms with E-state index in [0.717, 1.165) is 5.56 Å². The summed E-state index contributed by atoms with van der Waals surface area (Å²) in [6.07, 6.45) is 0. The number of nitrogens with zero attached hydrogens (tertiary/aromatic N) is 2. The molecular formula is C13H19BrN2O4. The fourth-order valence-electron chi connectivity index (χ4n) is 1.97. The third-order valence-corrected chi connectivity index (χ3v) is 3.75. The van der Waals surface area contributed by atoms with Crippen LogP contribution in [0.25, 0.3) is 0 Å². The summed E-state index contributed by atoms with van der Waals surface area (Å²) in [5, 5.41) is 29.4. The van der Waals surface area contributed by atoms with Gasteiger partial charge in [0.05, 0.1) is 22.6 Å². The zero-order valence-corrected chi connectivity index (χ0v) is 13.1. The Kier molecular flexibility index (Phi) is 6.07. The standard InChI is InChI=1S/C13H19BrN2O4/c1-13(8-17,9-18)7-15(2)6-10-3-4-11(14)12(5-10)16(19)20/h3-5,17-18H,6-9H2,1-2H3. The van der Waals surface area contributed by atoms with E-state index in [-0.39, 0.29) is 18.9 Å².